The lowest BCUT2D eigenvalue weighted by Crippen LogP contribution is -2.41. The molecule has 19 heavy (non-hydrogen) atoms. The van der Waals surface area contributed by atoms with E-state index in [-0.39, 0.29) is 5.91 Å². The van der Waals surface area contributed by atoms with Crippen LogP contribution in [0.1, 0.15) is 10.4 Å². The summed E-state index contributed by atoms with van der Waals surface area (Å²) in [4.78, 5) is 14.3. The van der Waals surface area contributed by atoms with Crippen molar-refractivity contribution < 1.29 is 9.53 Å². The van der Waals surface area contributed by atoms with Crippen LogP contribution in [0.25, 0.3) is 0 Å². The van der Waals surface area contributed by atoms with E-state index >= 15 is 0 Å². The molecule has 0 aliphatic carbocycles. The summed E-state index contributed by atoms with van der Waals surface area (Å²) < 4.78 is 5.28. The van der Waals surface area contributed by atoms with Crippen LogP contribution in [-0.2, 0) is 4.74 Å². The number of morpholine rings is 1. The van der Waals surface area contributed by atoms with E-state index in [0.29, 0.717) is 17.8 Å². The second-order valence-electron chi connectivity index (χ2n) is 4.40. The van der Waals surface area contributed by atoms with Crippen molar-refractivity contribution in [3.63, 3.8) is 0 Å². The van der Waals surface area contributed by atoms with E-state index in [0.717, 1.165) is 32.8 Å². The maximum Gasteiger partial charge on any atom is 0.253 e. The number of nitrogens with two attached hydrogens (primary N) is 1. The van der Waals surface area contributed by atoms with Gasteiger partial charge >= 0.3 is 0 Å². The third-order valence-corrected chi connectivity index (χ3v) is 3.14. The predicted molar refractivity (Wildman–Crippen MR) is 73.8 cm³/mol. The van der Waals surface area contributed by atoms with Crippen LogP contribution < -0.4 is 16.6 Å². The van der Waals surface area contributed by atoms with Gasteiger partial charge in [-0.1, -0.05) is 12.1 Å². The molecule has 1 aliphatic rings. The lowest BCUT2D eigenvalue weighted by atomic mass is 10.1. The lowest BCUT2D eigenvalue weighted by Gasteiger charge is -2.26. The number of hydrazine groups is 1. The van der Waals surface area contributed by atoms with Gasteiger partial charge in [0.05, 0.1) is 24.5 Å². The number of anilines is 1. The highest BCUT2D eigenvalue weighted by molar-refractivity contribution is 5.99. The maximum absolute atomic E-state index is 12.0. The van der Waals surface area contributed by atoms with Crippen molar-refractivity contribution in [2.75, 3.05) is 44.8 Å². The summed E-state index contributed by atoms with van der Waals surface area (Å²) in [7, 11) is 0. The Morgan fingerprint density at radius 2 is 2.05 bits per heavy atom. The fraction of sp³-hybridized carbons (Fsp3) is 0.462. The van der Waals surface area contributed by atoms with Crippen molar-refractivity contribution in [2.45, 2.75) is 0 Å². The van der Waals surface area contributed by atoms with Crippen molar-refractivity contribution in [1.82, 2.24) is 10.2 Å². The summed E-state index contributed by atoms with van der Waals surface area (Å²) >= 11 is 0. The number of nitrogens with zero attached hydrogens (tertiary/aromatic N) is 1. The van der Waals surface area contributed by atoms with Crippen LogP contribution in [0.3, 0.4) is 0 Å². The summed E-state index contributed by atoms with van der Waals surface area (Å²) in [5.41, 5.74) is 3.72. The Hall–Kier alpha value is -1.63. The average molecular weight is 264 g/mol. The first kappa shape index (κ1) is 13.8. The quantitative estimate of drug-likeness (QED) is 0.517. The number of carbonyl (C=O) groups is 1. The zero-order valence-electron chi connectivity index (χ0n) is 10.9. The molecule has 1 aliphatic heterocycles. The number of rotatable bonds is 5. The molecule has 4 N–H and O–H groups in total. The van der Waals surface area contributed by atoms with Crippen LogP contribution in [0.15, 0.2) is 24.3 Å². The Labute approximate surface area is 112 Å². The Bertz CT molecular complexity index is 419. The maximum atomic E-state index is 12.0. The molecule has 0 saturated carbocycles. The molecular weight excluding hydrogens is 244 g/mol. The van der Waals surface area contributed by atoms with E-state index in [1.54, 1.807) is 12.1 Å². The van der Waals surface area contributed by atoms with E-state index in [1.807, 2.05) is 12.1 Å². The van der Waals surface area contributed by atoms with Gasteiger partial charge in [0.1, 0.15) is 0 Å². The minimum Gasteiger partial charge on any atom is -0.379 e. The smallest absolute Gasteiger partial charge is 0.253 e. The number of benzene rings is 1. The second kappa shape index (κ2) is 7.08. The van der Waals surface area contributed by atoms with Crippen molar-refractivity contribution in [2.24, 2.45) is 5.84 Å². The molecule has 6 nitrogen and oxygen atoms in total. The molecule has 0 bridgehead atoms. The first-order valence-electron chi connectivity index (χ1n) is 6.45. The van der Waals surface area contributed by atoms with Crippen molar-refractivity contribution >= 4 is 11.6 Å². The Kier molecular flexibility index (Phi) is 5.14. The minimum atomic E-state index is -0.109. The van der Waals surface area contributed by atoms with Crippen LogP contribution in [0.2, 0.25) is 0 Å². The number of hydrogen-bond acceptors (Lipinski definition) is 5. The van der Waals surface area contributed by atoms with Gasteiger partial charge in [0.2, 0.25) is 0 Å². The molecule has 6 heteroatoms. The van der Waals surface area contributed by atoms with Gasteiger partial charge < -0.3 is 15.5 Å². The van der Waals surface area contributed by atoms with Gasteiger partial charge in [0, 0.05) is 26.2 Å². The zero-order chi connectivity index (χ0) is 13.5. The van der Waals surface area contributed by atoms with E-state index in [9.17, 15) is 4.79 Å². The van der Waals surface area contributed by atoms with Gasteiger partial charge in [-0.25, -0.2) is 0 Å². The minimum absolute atomic E-state index is 0.109. The van der Waals surface area contributed by atoms with Crippen LogP contribution in [-0.4, -0.2) is 50.2 Å². The zero-order valence-corrected chi connectivity index (χ0v) is 10.9. The number of carbonyl (C=O) groups excluding carboxylic acids is 1. The SMILES string of the molecule is NNc1ccccc1C(=O)NCCN1CCOCC1. The molecular formula is C13H20N4O2. The molecule has 104 valence electrons. The fourth-order valence-electron chi connectivity index (χ4n) is 2.05. The van der Waals surface area contributed by atoms with E-state index < -0.39 is 0 Å². The second-order valence-corrected chi connectivity index (χ2v) is 4.40. The highest BCUT2D eigenvalue weighted by Gasteiger charge is 2.12. The molecule has 1 aromatic rings. The molecule has 1 amide bonds. The predicted octanol–water partition coefficient (Wildman–Crippen LogP) is 0.0342. The molecule has 1 fully saturated rings. The van der Waals surface area contributed by atoms with Crippen molar-refractivity contribution in [3.05, 3.63) is 29.8 Å². The highest BCUT2D eigenvalue weighted by atomic mass is 16.5. The third-order valence-electron chi connectivity index (χ3n) is 3.14. The number of hydrogen-bond donors (Lipinski definition) is 3. The Morgan fingerprint density at radius 3 is 2.79 bits per heavy atom. The summed E-state index contributed by atoms with van der Waals surface area (Å²) in [6, 6.07) is 7.17. The summed E-state index contributed by atoms with van der Waals surface area (Å²) in [5, 5.41) is 2.90. The monoisotopic (exact) mass is 264 g/mol. The molecule has 0 aromatic heterocycles. The van der Waals surface area contributed by atoms with Crippen LogP contribution in [0, 0.1) is 0 Å². The molecule has 0 radical (unpaired) electrons. The third kappa shape index (κ3) is 3.92. The standard InChI is InChI=1S/C13H20N4O2/c14-16-12-4-2-1-3-11(12)13(18)15-5-6-17-7-9-19-10-8-17/h1-4,16H,5-10,14H2,(H,15,18). The summed E-state index contributed by atoms with van der Waals surface area (Å²) in [6.07, 6.45) is 0. The van der Waals surface area contributed by atoms with Gasteiger partial charge in [-0.15, -0.1) is 0 Å². The molecule has 2 rings (SSSR count). The number of amides is 1. The number of nitrogen functional groups attached to an aromatic ring is 1. The topological polar surface area (TPSA) is 79.6 Å². The van der Waals surface area contributed by atoms with Crippen molar-refractivity contribution in [3.8, 4) is 0 Å². The normalized spacial score (nSPS) is 16.1. The molecule has 0 unspecified atom stereocenters. The first-order chi connectivity index (χ1) is 9.31. The number of ether oxygens (including phenoxy) is 1. The number of para-hydroxylation sites is 1. The van der Waals surface area contributed by atoms with Crippen molar-refractivity contribution in [1.29, 1.82) is 0 Å². The van der Waals surface area contributed by atoms with Gasteiger partial charge in [-0.3, -0.25) is 15.5 Å². The molecule has 1 saturated heterocycles. The highest BCUT2D eigenvalue weighted by Crippen LogP contribution is 2.12. The fourth-order valence-corrected chi connectivity index (χ4v) is 2.05. The Morgan fingerprint density at radius 1 is 1.32 bits per heavy atom. The van der Waals surface area contributed by atoms with Crippen LogP contribution in [0.4, 0.5) is 5.69 Å². The molecule has 0 atom stereocenters. The van der Waals surface area contributed by atoms with Gasteiger partial charge in [-0.05, 0) is 12.1 Å². The molecule has 1 heterocycles. The van der Waals surface area contributed by atoms with Gasteiger partial charge in [0.15, 0.2) is 0 Å². The van der Waals surface area contributed by atoms with Gasteiger partial charge in [0.25, 0.3) is 5.91 Å². The number of nitrogens with one attached hydrogen (secondary N) is 2. The lowest BCUT2D eigenvalue weighted by molar-refractivity contribution is 0.0383. The van der Waals surface area contributed by atoms with E-state index in [4.69, 9.17) is 10.6 Å². The average Bonchev–Trinajstić information content (AvgIpc) is 2.48. The first-order valence-corrected chi connectivity index (χ1v) is 6.45. The Balaban J connectivity index is 1.80. The van der Waals surface area contributed by atoms with Crippen LogP contribution >= 0.6 is 0 Å². The summed E-state index contributed by atoms with van der Waals surface area (Å²) in [6.45, 7) is 4.86. The largest absolute Gasteiger partial charge is 0.379 e. The molecule has 1 aromatic carbocycles. The van der Waals surface area contributed by atoms with Crippen LogP contribution in [0.5, 0.6) is 0 Å². The van der Waals surface area contributed by atoms with E-state index in [2.05, 4.69) is 15.6 Å². The summed E-state index contributed by atoms with van der Waals surface area (Å²) in [5.74, 6) is 5.27. The molecule has 0 spiro atoms. The van der Waals surface area contributed by atoms with Gasteiger partial charge in [-0.2, -0.15) is 0 Å². The van der Waals surface area contributed by atoms with E-state index in [1.165, 1.54) is 0 Å².